The highest BCUT2D eigenvalue weighted by Crippen LogP contribution is 2.38. The molecule has 0 saturated carbocycles. The van der Waals surface area contributed by atoms with Gasteiger partial charge in [-0.3, -0.25) is 28.8 Å². The van der Waals surface area contributed by atoms with E-state index in [0.29, 0.717) is 163 Å². The van der Waals surface area contributed by atoms with Gasteiger partial charge in [-0.1, -0.05) is 89.5 Å². The van der Waals surface area contributed by atoms with Gasteiger partial charge in [0, 0.05) is 115 Å². The molecule has 0 radical (unpaired) electrons. The average molecular weight is 1290 g/mol. The molecule has 3 fully saturated rings. The van der Waals surface area contributed by atoms with Crippen LogP contribution in [0.2, 0.25) is 0 Å². The number of hydrogen-bond acceptors (Lipinski definition) is 16. The topological polar surface area (TPSA) is 222 Å². The Labute approximate surface area is 552 Å². The predicted molar refractivity (Wildman–Crippen MR) is 358 cm³/mol. The van der Waals surface area contributed by atoms with Crippen molar-refractivity contribution < 1.29 is 71.4 Å². The van der Waals surface area contributed by atoms with Gasteiger partial charge in [-0.2, -0.15) is 0 Å². The van der Waals surface area contributed by atoms with E-state index in [0.717, 1.165) is 64.2 Å². The van der Waals surface area contributed by atoms with Gasteiger partial charge in [0.05, 0.1) is 63.5 Å². The standard InChI is InChI=1S/C73H133N3O15/c1-15-67-57(9)54(6)60(12)72(91-67)88-42-27-22-34-64(78)31-19-24-40-75-69(82)38-46-85-50-73(76-47-51(2)3,48-83-44-36-65(79)30-18-16-17-29-63(77)33-21-26-41-86-70-58(10)52(4)55(7)61(13)89-70)49-84-45-37-66(80)32-20-25-39-74-68(81)35-23-28-43-87-71-59(11)53(5)56(8)62(14)90-71/h51-62,67,70-72,76H,15-50H2,1-14H3,(H,74,81)(H,75,82)/t52?,53?,54?,55-,56-,57-,58+,59+,60+,61?,62?,67?,70-,71-,72-,73?/m0/s1. The summed E-state index contributed by atoms with van der Waals surface area (Å²) in [4.78, 5) is 76.7. The van der Waals surface area contributed by atoms with E-state index in [9.17, 15) is 28.8 Å². The van der Waals surface area contributed by atoms with Gasteiger partial charge in [-0.05, 0) is 145 Å². The van der Waals surface area contributed by atoms with E-state index in [1.165, 1.54) is 0 Å². The molecule has 0 aliphatic carbocycles. The molecule has 0 aromatic carbocycles. The highest BCUT2D eigenvalue weighted by molar-refractivity contribution is 5.80. The second-order valence-electron chi connectivity index (χ2n) is 28.4. The Morgan fingerprint density at radius 3 is 1.12 bits per heavy atom. The second kappa shape index (κ2) is 47.2. The molecular formula is C73H133N3O15. The lowest BCUT2D eigenvalue weighted by Gasteiger charge is -2.43. The Morgan fingerprint density at radius 1 is 0.374 bits per heavy atom. The summed E-state index contributed by atoms with van der Waals surface area (Å²) in [5.41, 5.74) is -0.827. The second-order valence-corrected chi connectivity index (χ2v) is 28.4. The van der Waals surface area contributed by atoms with Crippen molar-refractivity contribution in [2.45, 2.75) is 294 Å². The molecule has 0 bridgehead atoms. The molecule has 0 aromatic heterocycles. The van der Waals surface area contributed by atoms with Gasteiger partial charge >= 0.3 is 0 Å². The zero-order chi connectivity index (χ0) is 67.1. The van der Waals surface area contributed by atoms with E-state index in [1.807, 2.05) is 0 Å². The molecule has 3 aliphatic heterocycles. The van der Waals surface area contributed by atoms with Crippen molar-refractivity contribution in [2.24, 2.45) is 59.2 Å². The van der Waals surface area contributed by atoms with E-state index < -0.39 is 5.54 Å². The first-order valence-corrected chi connectivity index (χ1v) is 36.4. The summed E-state index contributed by atoms with van der Waals surface area (Å²) in [6.07, 6.45) is 14.7. The molecule has 3 aliphatic rings. The molecule has 530 valence electrons. The number of ether oxygens (including phenoxy) is 9. The van der Waals surface area contributed by atoms with Crippen LogP contribution in [0.5, 0.6) is 0 Å². The monoisotopic (exact) mass is 1290 g/mol. The van der Waals surface area contributed by atoms with Crippen LogP contribution in [-0.4, -0.2) is 157 Å². The molecule has 3 heterocycles. The van der Waals surface area contributed by atoms with Gasteiger partial charge in [-0.25, -0.2) is 0 Å². The Kier molecular flexibility index (Phi) is 42.8. The first-order chi connectivity index (χ1) is 43.5. The molecule has 7 unspecified atom stereocenters. The van der Waals surface area contributed by atoms with Crippen LogP contribution in [-0.2, 0) is 71.4 Å². The van der Waals surface area contributed by atoms with E-state index in [2.05, 4.69) is 113 Å². The highest BCUT2D eigenvalue weighted by Gasteiger charge is 2.40. The fourth-order valence-electron chi connectivity index (χ4n) is 12.5. The Hall–Kier alpha value is -2.78. The number of Topliss-reactive ketones (excluding diaryl/α,β-unsaturated/α-hetero) is 4. The van der Waals surface area contributed by atoms with Crippen molar-refractivity contribution in [3.8, 4) is 0 Å². The Morgan fingerprint density at radius 2 is 0.714 bits per heavy atom. The molecule has 3 rings (SSSR count). The van der Waals surface area contributed by atoms with E-state index in [-0.39, 0.29) is 137 Å². The fourth-order valence-corrected chi connectivity index (χ4v) is 12.5. The van der Waals surface area contributed by atoms with Crippen molar-refractivity contribution in [3.05, 3.63) is 0 Å². The minimum absolute atomic E-state index is 0.00524. The van der Waals surface area contributed by atoms with Crippen LogP contribution >= 0.6 is 0 Å². The maximum Gasteiger partial charge on any atom is 0.222 e. The summed E-state index contributed by atoms with van der Waals surface area (Å²) >= 11 is 0. The SMILES string of the molecule is CCC1O[C@H](OCCCCC(=O)CCCCNC(=O)CCOCC(COCCC(=O)CCCCCC(=O)CCCCO[C@H]2OC(C)[C@@H](C)C(C)[C@H]2C)(COCCC(=O)CCCCNC(=O)CCCCO[C@H]2OC(C)[C@@H](C)C(C)[C@H]2C)NCC(C)C)[C@H](C)C(C)[C@@H]1C. The number of carbonyl (C=O) groups excluding carboxylic acids is 6. The number of ketones is 4. The molecule has 18 nitrogen and oxygen atoms in total. The van der Waals surface area contributed by atoms with Crippen LogP contribution in [0.3, 0.4) is 0 Å². The van der Waals surface area contributed by atoms with Crippen LogP contribution in [0.15, 0.2) is 0 Å². The zero-order valence-electron chi connectivity index (χ0n) is 59.8. The summed E-state index contributed by atoms with van der Waals surface area (Å²) in [6, 6.07) is 0. The van der Waals surface area contributed by atoms with Crippen molar-refractivity contribution in [2.75, 3.05) is 79.1 Å². The lowest BCUT2D eigenvalue weighted by molar-refractivity contribution is -0.248. The van der Waals surface area contributed by atoms with Gasteiger partial charge in [-0.15, -0.1) is 0 Å². The average Bonchev–Trinajstić information content (AvgIpc) is 0.981. The van der Waals surface area contributed by atoms with Crippen molar-refractivity contribution in [1.29, 1.82) is 0 Å². The molecule has 3 saturated heterocycles. The van der Waals surface area contributed by atoms with Crippen LogP contribution in [0.4, 0.5) is 0 Å². The van der Waals surface area contributed by atoms with Gasteiger partial charge in [0.25, 0.3) is 0 Å². The molecule has 3 N–H and O–H groups in total. The third-order valence-corrected chi connectivity index (χ3v) is 20.4. The summed E-state index contributed by atoms with van der Waals surface area (Å²) < 4.78 is 55.4. The number of carbonyl (C=O) groups is 6. The zero-order valence-corrected chi connectivity index (χ0v) is 59.8. The number of hydrogen-bond donors (Lipinski definition) is 3. The molecule has 2 amide bonds. The molecule has 18 heteroatoms. The maximum atomic E-state index is 13.0. The van der Waals surface area contributed by atoms with Crippen LogP contribution in [0, 0.1) is 59.2 Å². The summed E-state index contributed by atoms with van der Waals surface area (Å²) in [6.45, 7) is 35.1. The Balaban J connectivity index is 1.37. The summed E-state index contributed by atoms with van der Waals surface area (Å²) in [5, 5.41) is 9.58. The number of rotatable bonds is 53. The minimum atomic E-state index is -0.827. The van der Waals surface area contributed by atoms with Crippen LogP contribution in [0.25, 0.3) is 0 Å². The summed E-state index contributed by atoms with van der Waals surface area (Å²) in [5.74, 6) is 4.87. The van der Waals surface area contributed by atoms with Gasteiger partial charge in [0.2, 0.25) is 11.8 Å². The van der Waals surface area contributed by atoms with Crippen molar-refractivity contribution >= 4 is 34.9 Å². The van der Waals surface area contributed by atoms with Gasteiger partial charge < -0.3 is 58.6 Å². The first-order valence-electron chi connectivity index (χ1n) is 36.4. The van der Waals surface area contributed by atoms with E-state index in [4.69, 9.17) is 42.6 Å². The Bertz CT molecular complexity index is 1920. The molecule has 0 aromatic rings. The highest BCUT2D eigenvalue weighted by atomic mass is 16.7. The van der Waals surface area contributed by atoms with Crippen LogP contribution in [0.1, 0.15) is 251 Å². The van der Waals surface area contributed by atoms with E-state index >= 15 is 0 Å². The van der Waals surface area contributed by atoms with Crippen LogP contribution < -0.4 is 16.0 Å². The van der Waals surface area contributed by atoms with Crippen molar-refractivity contribution in [1.82, 2.24) is 16.0 Å². The molecule has 91 heavy (non-hydrogen) atoms. The normalized spacial score (nSPS) is 27.6. The third-order valence-electron chi connectivity index (χ3n) is 20.4. The largest absolute Gasteiger partial charge is 0.379 e. The molecular weight excluding hydrogens is 1160 g/mol. The maximum absolute atomic E-state index is 13.0. The number of amides is 2. The predicted octanol–water partition coefficient (Wildman–Crippen LogP) is 12.9. The lowest BCUT2D eigenvalue weighted by Crippen LogP contribution is -2.57. The van der Waals surface area contributed by atoms with Crippen molar-refractivity contribution in [3.63, 3.8) is 0 Å². The molecule has 0 spiro atoms. The quantitative estimate of drug-likeness (QED) is 0.0482. The van der Waals surface area contributed by atoms with Gasteiger partial charge in [0.1, 0.15) is 23.1 Å². The number of nitrogens with one attached hydrogen (secondary N) is 3. The van der Waals surface area contributed by atoms with E-state index in [1.54, 1.807) is 0 Å². The number of unbranched alkanes of at least 4 members (excludes halogenated alkanes) is 7. The third kappa shape index (κ3) is 33.6. The van der Waals surface area contributed by atoms with Gasteiger partial charge in [0.15, 0.2) is 18.9 Å². The molecule has 16 atom stereocenters. The first kappa shape index (κ1) is 82.5. The smallest absolute Gasteiger partial charge is 0.222 e. The fraction of sp³-hybridized carbons (Fsp3) is 0.918. The lowest BCUT2D eigenvalue weighted by atomic mass is 9.78. The minimum Gasteiger partial charge on any atom is -0.379 e. The summed E-state index contributed by atoms with van der Waals surface area (Å²) in [7, 11) is 0.